The van der Waals surface area contributed by atoms with Gasteiger partial charge in [-0.2, -0.15) is 0 Å². The first-order valence-corrected chi connectivity index (χ1v) is 6.88. The summed E-state index contributed by atoms with van der Waals surface area (Å²) in [6, 6.07) is 4.57. The molecule has 0 radical (unpaired) electrons. The summed E-state index contributed by atoms with van der Waals surface area (Å²) in [5.41, 5.74) is 0.401. The Balaban J connectivity index is 2.14. The topological polar surface area (TPSA) is 20.3 Å². The molecular weight excluding hydrogens is 308 g/mol. The first-order chi connectivity index (χ1) is 8.11. The molecule has 2 nitrogen and oxygen atoms in total. The van der Waals surface area contributed by atoms with Gasteiger partial charge in [-0.1, -0.05) is 33.6 Å². The second kappa shape index (κ2) is 5.36. The lowest BCUT2D eigenvalue weighted by molar-refractivity contribution is -0.128. The largest absolute Gasteiger partial charge is 0.338 e. The summed E-state index contributed by atoms with van der Waals surface area (Å²) in [6.45, 7) is 0.919. The van der Waals surface area contributed by atoms with Crippen LogP contribution in [0, 0.1) is 11.7 Å². The van der Waals surface area contributed by atoms with Crippen LogP contribution in [-0.2, 0) is 11.3 Å². The third-order valence-electron chi connectivity index (χ3n) is 2.92. The van der Waals surface area contributed by atoms with Crippen molar-refractivity contribution in [2.75, 3.05) is 11.9 Å². The Morgan fingerprint density at radius 2 is 2.29 bits per heavy atom. The third-order valence-corrected chi connectivity index (χ3v) is 4.19. The van der Waals surface area contributed by atoms with Gasteiger partial charge in [0.15, 0.2) is 0 Å². The van der Waals surface area contributed by atoms with Gasteiger partial charge in [0.1, 0.15) is 5.82 Å². The van der Waals surface area contributed by atoms with E-state index in [1.807, 2.05) is 0 Å². The lowest BCUT2D eigenvalue weighted by atomic mass is 10.1. The summed E-state index contributed by atoms with van der Waals surface area (Å²) in [6.07, 6.45) is 0.525. The van der Waals surface area contributed by atoms with E-state index in [0.717, 1.165) is 5.33 Å². The van der Waals surface area contributed by atoms with Crippen molar-refractivity contribution in [3.05, 3.63) is 34.6 Å². The van der Waals surface area contributed by atoms with Gasteiger partial charge in [-0.3, -0.25) is 4.79 Å². The predicted molar refractivity (Wildman–Crippen MR) is 68.7 cm³/mol. The second-order valence-corrected chi connectivity index (χ2v) is 5.25. The highest BCUT2D eigenvalue weighted by Gasteiger charge is 2.29. The Kier molecular flexibility index (Phi) is 4.05. The number of benzene rings is 1. The molecule has 0 bridgehead atoms. The van der Waals surface area contributed by atoms with E-state index in [4.69, 9.17) is 11.6 Å². The summed E-state index contributed by atoms with van der Waals surface area (Å²) in [4.78, 5) is 13.4. The number of carbonyl (C=O) groups excluding carboxylic acids is 1. The van der Waals surface area contributed by atoms with Crippen LogP contribution < -0.4 is 0 Å². The highest BCUT2D eigenvalue weighted by Crippen LogP contribution is 2.25. The van der Waals surface area contributed by atoms with E-state index in [-0.39, 0.29) is 18.3 Å². The van der Waals surface area contributed by atoms with Crippen LogP contribution in [0.25, 0.3) is 0 Å². The number of hydrogen-bond acceptors (Lipinski definition) is 1. The van der Waals surface area contributed by atoms with Gasteiger partial charge in [-0.15, -0.1) is 0 Å². The minimum atomic E-state index is -0.354. The minimum Gasteiger partial charge on any atom is -0.338 e. The van der Waals surface area contributed by atoms with Crippen LogP contribution >= 0.6 is 27.5 Å². The molecule has 1 aliphatic heterocycles. The van der Waals surface area contributed by atoms with Crippen LogP contribution in [0.4, 0.5) is 4.39 Å². The molecule has 1 unspecified atom stereocenters. The van der Waals surface area contributed by atoms with Gasteiger partial charge in [0, 0.05) is 35.4 Å². The SMILES string of the molecule is O=C1CC(CBr)CN1Cc1c(F)cccc1Cl. The van der Waals surface area contributed by atoms with Crippen LogP contribution in [0.2, 0.25) is 5.02 Å². The number of hydrogen-bond donors (Lipinski definition) is 0. The van der Waals surface area contributed by atoms with Gasteiger partial charge in [0.2, 0.25) is 5.91 Å². The fourth-order valence-corrected chi connectivity index (χ4v) is 2.64. The lowest BCUT2D eigenvalue weighted by Gasteiger charge is -2.17. The number of carbonyl (C=O) groups is 1. The smallest absolute Gasteiger partial charge is 0.223 e. The van der Waals surface area contributed by atoms with Crippen molar-refractivity contribution in [1.82, 2.24) is 4.90 Å². The highest BCUT2D eigenvalue weighted by molar-refractivity contribution is 9.09. The molecule has 5 heteroatoms. The maximum Gasteiger partial charge on any atom is 0.223 e. The molecule has 1 fully saturated rings. The van der Waals surface area contributed by atoms with Crippen molar-refractivity contribution in [1.29, 1.82) is 0 Å². The molecule has 1 heterocycles. The van der Waals surface area contributed by atoms with Crippen LogP contribution in [0.3, 0.4) is 0 Å². The number of halogens is 3. The fourth-order valence-electron chi connectivity index (χ4n) is 1.98. The van der Waals surface area contributed by atoms with E-state index < -0.39 is 0 Å². The number of rotatable bonds is 3. The zero-order valence-corrected chi connectivity index (χ0v) is 11.5. The summed E-state index contributed by atoms with van der Waals surface area (Å²) < 4.78 is 13.6. The van der Waals surface area contributed by atoms with Crippen molar-refractivity contribution in [3.8, 4) is 0 Å². The molecule has 1 aliphatic rings. The van der Waals surface area contributed by atoms with Crippen molar-refractivity contribution < 1.29 is 9.18 Å². The highest BCUT2D eigenvalue weighted by atomic mass is 79.9. The first kappa shape index (κ1) is 12.8. The van der Waals surface area contributed by atoms with Gasteiger partial charge in [0.25, 0.3) is 0 Å². The molecule has 1 aromatic rings. The van der Waals surface area contributed by atoms with Gasteiger partial charge in [-0.25, -0.2) is 4.39 Å². The monoisotopic (exact) mass is 319 g/mol. The average Bonchev–Trinajstić information content (AvgIpc) is 2.65. The molecule has 0 saturated carbocycles. The maximum atomic E-state index is 13.6. The molecule has 17 heavy (non-hydrogen) atoms. The molecule has 0 aliphatic carbocycles. The Hall–Kier alpha value is -0.610. The van der Waals surface area contributed by atoms with E-state index in [2.05, 4.69) is 15.9 Å². The van der Waals surface area contributed by atoms with E-state index in [9.17, 15) is 9.18 Å². The van der Waals surface area contributed by atoms with Crippen molar-refractivity contribution >= 4 is 33.4 Å². The van der Waals surface area contributed by atoms with Gasteiger partial charge in [-0.05, 0) is 18.1 Å². The summed E-state index contributed by atoms with van der Waals surface area (Å²) in [5, 5.41) is 1.17. The van der Waals surface area contributed by atoms with Crippen molar-refractivity contribution in [3.63, 3.8) is 0 Å². The summed E-state index contributed by atoms with van der Waals surface area (Å²) in [7, 11) is 0. The van der Waals surface area contributed by atoms with E-state index in [0.29, 0.717) is 29.5 Å². The molecule has 92 valence electrons. The van der Waals surface area contributed by atoms with Crippen molar-refractivity contribution in [2.24, 2.45) is 5.92 Å². The first-order valence-electron chi connectivity index (χ1n) is 5.38. The molecule has 0 N–H and O–H groups in total. The van der Waals surface area contributed by atoms with Crippen LogP contribution in [0.5, 0.6) is 0 Å². The Morgan fingerprint density at radius 1 is 1.53 bits per heavy atom. The molecular formula is C12H12BrClFNO. The molecule has 1 saturated heterocycles. The Morgan fingerprint density at radius 3 is 2.88 bits per heavy atom. The maximum absolute atomic E-state index is 13.6. The number of likely N-dealkylation sites (tertiary alicyclic amines) is 1. The molecule has 1 aromatic carbocycles. The van der Waals surface area contributed by atoms with E-state index in [1.54, 1.807) is 17.0 Å². The molecule has 1 amide bonds. The summed E-state index contributed by atoms with van der Waals surface area (Å²) in [5.74, 6) is 0.0226. The normalized spacial score (nSPS) is 20.1. The molecule has 2 rings (SSSR count). The van der Waals surface area contributed by atoms with E-state index >= 15 is 0 Å². The minimum absolute atomic E-state index is 0.0637. The van der Waals surface area contributed by atoms with Crippen LogP contribution in [-0.4, -0.2) is 22.7 Å². The second-order valence-electron chi connectivity index (χ2n) is 4.20. The average molecular weight is 321 g/mol. The Labute approximate surface area is 113 Å². The molecule has 0 spiro atoms. The van der Waals surface area contributed by atoms with Gasteiger partial charge in [0.05, 0.1) is 0 Å². The number of nitrogens with zero attached hydrogens (tertiary/aromatic N) is 1. The van der Waals surface area contributed by atoms with Crippen LogP contribution in [0.15, 0.2) is 18.2 Å². The quantitative estimate of drug-likeness (QED) is 0.783. The van der Waals surface area contributed by atoms with E-state index in [1.165, 1.54) is 6.07 Å². The predicted octanol–water partition coefficient (Wildman–Crippen LogP) is 3.22. The van der Waals surface area contributed by atoms with Gasteiger partial charge < -0.3 is 4.90 Å². The standard InChI is InChI=1S/C12H12BrClFNO/c13-5-8-4-12(17)16(6-8)7-9-10(14)2-1-3-11(9)15/h1-3,8H,4-7H2. The zero-order chi connectivity index (χ0) is 12.4. The fraction of sp³-hybridized carbons (Fsp3) is 0.417. The van der Waals surface area contributed by atoms with Gasteiger partial charge >= 0.3 is 0 Å². The molecule has 0 aromatic heterocycles. The third kappa shape index (κ3) is 2.80. The Bertz CT molecular complexity index is 420. The summed E-state index contributed by atoms with van der Waals surface area (Å²) >= 11 is 9.31. The number of alkyl halides is 1. The lowest BCUT2D eigenvalue weighted by Crippen LogP contribution is -2.25. The van der Waals surface area contributed by atoms with Crippen molar-refractivity contribution in [2.45, 2.75) is 13.0 Å². The van der Waals surface area contributed by atoms with Crippen LogP contribution in [0.1, 0.15) is 12.0 Å². The number of amides is 1. The zero-order valence-electron chi connectivity index (χ0n) is 9.13. The molecule has 1 atom stereocenters.